The Morgan fingerprint density at radius 2 is 1.61 bits per heavy atom. The van der Waals surface area contributed by atoms with Crippen LogP contribution in [0, 0.1) is 19.8 Å². The van der Waals surface area contributed by atoms with Crippen molar-refractivity contribution in [2.24, 2.45) is 5.92 Å². The van der Waals surface area contributed by atoms with Gasteiger partial charge >= 0.3 is 0 Å². The number of aromatic amines is 1. The van der Waals surface area contributed by atoms with Crippen LogP contribution in [0.3, 0.4) is 0 Å². The minimum atomic E-state index is -0.515. The maximum atomic E-state index is 12.7. The van der Waals surface area contributed by atoms with Crippen LogP contribution in [0.15, 0.2) is 52.4 Å². The quantitative estimate of drug-likeness (QED) is 0.451. The smallest absolute Gasteiger partial charge is 0.278 e. The zero-order valence-electron chi connectivity index (χ0n) is 19.2. The highest BCUT2D eigenvalue weighted by Gasteiger charge is 2.19. The molecule has 0 aliphatic heterocycles. The van der Waals surface area contributed by atoms with Crippen molar-refractivity contribution in [3.63, 3.8) is 0 Å². The number of aromatic nitrogens is 3. The largest absolute Gasteiger partial charge is 0.325 e. The number of rotatable bonds is 7. The van der Waals surface area contributed by atoms with Crippen LogP contribution < -0.4 is 16.2 Å². The molecule has 3 N–H and O–H groups in total. The predicted octanol–water partition coefficient (Wildman–Crippen LogP) is 4.16. The summed E-state index contributed by atoms with van der Waals surface area (Å²) in [5.74, 6) is -0.585. The van der Waals surface area contributed by atoms with Gasteiger partial charge in [-0.05, 0) is 50.1 Å². The Balaban J connectivity index is 1.75. The number of nitrogens with one attached hydrogen (secondary N) is 3. The summed E-state index contributed by atoms with van der Waals surface area (Å²) in [4.78, 5) is 40.1. The van der Waals surface area contributed by atoms with Crippen molar-refractivity contribution in [2.75, 3.05) is 10.6 Å². The summed E-state index contributed by atoms with van der Waals surface area (Å²) in [6.07, 6.45) is 0. The van der Waals surface area contributed by atoms with Crippen LogP contribution in [-0.2, 0) is 9.59 Å². The Kier molecular flexibility index (Phi) is 7.65. The van der Waals surface area contributed by atoms with Gasteiger partial charge < -0.3 is 10.6 Å². The van der Waals surface area contributed by atoms with E-state index < -0.39 is 10.8 Å². The number of nitrogens with zero attached hydrogens (tertiary/aromatic N) is 2. The van der Waals surface area contributed by atoms with Crippen molar-refractivity contribution in [1.82, 2.24) is 15.2 Å². The Labute approximate surface area is 196 Å². The molecule has 0 radical (unpaired) electrons. The average Bonchev–Trinajstić information content (AvgIpc) is 2.73. The minimum Gasteiger partial charge on any atom is -0.325 e. The molecule has 0 aliphatic carbocycles. The molecule has 0 saturated carbocycles. The van der Waals surface area contributed by atoms with Crippen LogP contribution in [0.25, 0.3) is 11.3 Å². The lowest BCUT2D eigenvalue weighted by molar-refractivity contribution is -0.119. The zero-order valence-corrected chi connectivity index (χ0v) is 20.0. The number of H-pyrrole nitrogens is 1. The van der Waals surface area contributed by atoms with E-state index >= 15 is 0 Å². The van der Waals surface area contributed by atoms with Gasteiger partial charge in [0.2, 0.25) is 11.8 Å². The van der Waals surface area contributed by atoms with Crippen molar-refractivity contribution in [3.05, 3.63) is 63.9 Å². The predicted molar refractivity (Wildman–Crippen MR) is 131 cm³/mol. The molecule has 0 saturated heterocycles. The second kappa shape index (κ2) is 10.4. The molecule has 2 amide bonds. The van der Waals surface area contributed by atoms with E-state index in [2.05, 4.69) is 25.8 Å². The van der Waals surface area contributed by atoms with Crippen molar-refractivity contribution in [1.29, 1.82) is 0 Å². The molecule has 9 heteroatoms. The van der Waals surface area contributed by atoms with Crippen LogP contribution in [0.2, 0.25) is 0 Å². The van der Waals surface area contributed by atoms with Crippen molar-refractivity contribution >= 4 is 35.0 Å². The standard InChI is InChI=1S/C24H27N5O3S/c1-13(2)21(30)26-19-9-7-6-8-18(19)20-23(32)27-24(29-28-20)33-16(5)22(31)25-17-11-14(3)10-15(4)12-17/h6-13,16H,1-5H3,(H,25,31)(H,26,30)(H,27,29,32). The van der Waals surface area contributed by atoms with Crippen LogP contribution in [0.4, 0.5) is 11.4 Å². The maximum Gasteiger partial charge on any atom is 0.278 e. The maximum absolute atomic E-state index is 12.7. The summed E-state index contributed by atoms with van der Waals surface area (Å²) in [6.45, 7) is 9.24. The number of carbonyl (C=O) groups excluding carboxylic acids is 2. The molecule has 33 heavy (non-hydrogen) atoms. The molecule has 0 fully saturated rings. The fourth-order valence-corrected chi connectivity index (χ4v) is 3.88. The van der Waals surface area contributed by atoms with Gasteiger partial charge in [-0.3, -0.25) is 19.4 Å². The van der Waals surface area contributed by atoms with Gasteiger partial charge in [-0.2, -0.15) is 0 Å². The first-order valence-corrected chi connectivity index (χ1v) is 11.4. The molecule has 1 aromatic heterocycles. The van der Waals surface area contributed by atoms with E-state index in [9.17, 15) is 14.4 Å². The van der Waals surface area contributed by atoms with E-state index in [4.69, 9.17) is 0 Å². The van der Waals surface area contributed by atoms with Crippen molar-refractivity contribution < 1.29 is 9.59 Å². The van der Waals surface area contributed by atoms with Crippen LogP contribution in [0.1, 0.15) is 31.9 Å². The number of para-hydroxylation sites is 1. The van der Waals surface area contributed by atoms with E-state index in [0.717, 1.165) is 28.6 Å². The highest BCUT2D eigenvalue weighted by atomic mass is 32.2. The third-order valence-corrected chi connectivity index (χ3v) is 5.76. The summed E-state index contributed by atoms with van der Waals surface area (Å²) < 4.78 is 0. The second-order valence-corrected chi connectivity index (χ2v) is 9.45. The molecule has 8 nitrogen and oxygen atoms in total. The molecule has 172 valence electrons. The van der Waals surface area contributed by atoms with Gasteiger partial charge in [0, 0.05) is 17.2 Å². The van der Waals surface area contributed by atoms with Gasteiger partial charge in [0.1, 0.15) is 0 Å². The van der Waals surface area contributed by atoms with E-state index in [1.54, 1.807) is 45.0 Å². The molecule has 0 bridgehead atoms. The Morgan fingerprint density at radius 3 is 2.24 bits per heavy atom. The number of thioether (sulfide) groups is 1. The number of hydrogen-bond acceptors (Lipinski definition) is 6. The summed E-state index contributed by atoms with van der Waals surface area (Å²) in [5, 5.41) is 13.6. The Hall–Kier alpha value is -3.46. The van der Waals surface area contributed by atoms with Crippen LogP contribution in [-0.4, -0.2) is 32.2 Å². The number of aryl methyl sites for hydroxylation is 2. The van der Waals surface area contributed by atoms with Gasteiger partial charge in [0.25, 0.3) is 5.56 Å². The molecule has 3 rings (SSSR count). The molecule has 0 aliphatic rings. The van der Waals surface area contributed by atoms with Gasteiger partial charge in [0.05, 0.1) is 10.9 Å². The fraction of sp³-hybridized carbons (Fsp3) is 0.292. The lowest BCUT2D eigenvalue weighted by Gasteiger charge is -2.13. The SMILES string of the molecule is Cc1cc(C)cc(NC(=O)C(C)Sc2nnc(-c3ccccc3NC(=O)C(C)C)c(=O)[nH]2)c1. The molecule has 1 heterocycles. The normalized spacial score (nSPS) is 11.8. The highest BCUT2D eigenvalue weighted by Crippen LogP contribution is 2.25. The zero-order chi connectivity index (χ0) is 24.1. The minimum absolute atomic E-state index is 0.0892. The molecule has 0 spiro atoms. The third-order valence-electron chi connectivity index (χ3n) is 4.79. The Morgan fingerprint density at radius 1 is 0.939 bits per heavy atom. The van der Waals surface area contributed by atoms with E-state index in [1.807, 2.05) is 32.0 Å². The fourth-order valence-electron chi connectivity index (χ4n) is 3.14. The molecule has 3 aromatic rings. The third kappa shape index (κ3) is 6.29. The first kappa shape index (κ1) is 24.2. The van der Waals surface area contributed by atoms with Gasteiger partial charge in [-0.25, -0.2) is 0 Å². The first-order valence-electron chi connectivity index (χ1n) is 10.6. The van der Waals surface area contributed by atoms with E-state index in [0.29, 0.717) is 11.3 Å². The van der Waals surface area contributed by atoms with Crippen molar-refractivity contribution in [2.45, 2.75) is 45.0 Å². The van der Waals surface area contributed by atoms with E-state index in [1.165, 1.54) is 0 Å². The summed E-state index contributed by atoms with van der Waals surface area (Å²) in [7, 11) is 0. The van der Waals surface area contributed by atoms with E-state index in [-0.39, 0.29) is 28.6 Å². The molecule has 2 aromatic carbocycles. The number of benzene rings is 2. The second-order valence-electron chi connectivity index (χ2n) is 8.12. The van der Waals surface area contributed by atoms with Gasteiger partial charge in [0.15, 0.2) is 10.9 Å². The highest BCUT2D eigenvalue weighted by molar-refractivity contribution is 8.00. The number of hydrogen-bond donors (Lipinski definition) is 3. The summed E-state index contributed by atoms with van der Waals surface area (Å²) in [6, 6.07) is 12.7. The van der Waals surface area contributed by atoms with Gasteiger partial charge in [-0.1, -0.05) is 49.9 Å². The molecule has 1 unspecified atom stereocenters. The first-order chi connectivity index (χ1) is 15.6. The summed E-state index contributed by atoms with van der Waals surface area (Å²) >= 11 is 1.11. The van der Waals surface area contributed by atoms with Crippen molar-refractivity contribution in [3.8, 4) is 11.3 Å². The van der Waals surface area contributed by atoms with Crippen LogP contribution >= 0.6 is 11.8 Å². The van der Waals surface area contributed by atoms with Gasteiger partial charge in [-0.15, -0.1) is 10.2 Å². The summed E-state index contributed by atoms with van der Waals surface area (Å²) in [5.41, 5.74) is 3.42. The topological polar surface area (TPSA) is 117 Å². The number of anilines is 2. The van der Waals surface area contributed by atoms with Crippen LogP contribution in [0.5, 0.6) is 0 Å². The lowest BCUT2D eigenvalue weighted by Crippen LogP contribution is -2.24. The lowest BCUT2D eigenvalue weighted by atomic mass is 10.1. The molecular formula is C24H27N5O3S. The Bertz CT molecular complexity index is 1220. The molecule has 1 atom stereocenters. The number of carbonyl (C=O) groups is 2. The molecular weight excluding hydrogens is 438 g/mol. The average molecular weight is 466 g/mol. The monoisotopic (exact) mass is 465 g/mol. The number of amides is 2.